The second-order valence-corrected chi connectivity index (χ2v) is 12.1. The summed E-state index contributed by atoms with van der Waals surface area (Å²) in [6, 6.07) is 7.11. The van der Waals surface area contributed by atoms with E-state index >= 15 is 0 Å². The fourth-order valence-electron chi connectivity index (χ4n) is 4.93. The second-order valence-electron chi connectivity index (χ2n) is 10.00. The summed E-state index contributed by atoms with van der Waals surface area (Å²) >= 11 is 0. The Bertz CT molecular complexity index is 979. The van der Waals surface area contributed by atoms with Gasteiger partial charge in [-0.15, -0.1) is 0 Å². The number of rotatable bonds is 9. The van der Waals surface area contributed by atoms with E-state index in [1.54, 1.807) is 24.3 Å². The Morgan fingerprint density at radius 2 is 1.72 bits per heavy atom. The van der Waals surface area contributed by atoms with Crippen molar-refractivity contribution in [1.82, 2.24) is 0 Å². The monoisotopic (exact) mass is 460 g/mol. The molecule has 0 saturated heterocycles. The first-order valence-electron chi connectivity index (χ1n) is 11.5. The number of benzene rings is 1. The summed E-state index contributed by atoms with van der Waals surface area (Å²) in [4.78, 5) is 0.352. The summed E-state index contributed by atoms with van der Waals surface area (Å²) in [5.41, 5.74) is 4.81. The zero-order valence-electron chi connectivity index (χ0n) is 20.5. The molecule has 2 unspecified atom stereocenters. The van der Waals surface area contributed by atoms with Crippen LogP contribution < -0.4 is 0 Å². The van der Waals surface area contributed by atoms with Crippen LogP contribution in [0.2, 0.25) is 0 Å². The highest BCUT2D eigenvalue weighted by atomic mass is 32.2. The van der Waals surface area contributed by atoms with Crippen LogP contribution in [0.3, 0.4) is 0 Å². The van der Waals surface area contributed by atoms with E-state index in [1.165, 1.54) is 5.57 Å². The van der Waals surface area contributed by atoms with Crippen LogP contribution in [0.25, 0.3) is 0 Å². The van der Waals surface area contributed by atoms with Crippen LogP contribution in [0, 0.1) is 12.3 Å². The van der Waals surface area contributed by atoms with Gasteiger partial charge in [0.05, 0.1) is 22.9 Å². The minimum absolute atomic E-state index is 0.0549. The summed E-state index contributed by atoms with van der Waals surface area (Å²) in [6.45, 7) is 12.0. The molecule has 0 amide bonds. The van der Waals surface area contributed by atoms with Gasteiger partial charge in [-0.25, -0.2) is 8.42 Å². The Kier molecular flexibility index (Phi) is 9.09. The predicted octanol–water partition coefficient (Wildman–Crippen LogP) is 5.69. The number of hydrogen-bond acceptors (Lipinski definition) is 4. The highest BCUT2D eigenvalue weighted by Gasteiger charge is 2.40. The second kappa shape index (κ2) is 11.0. The van der Waals surface area contributed by atoms with Gasteiger partial charge in [0.2, 0.25) is 0 Å². The maximum atomic E-state index is 13.9. The first kappa shape index (κ1) is 26.6. The third-order valence-corrected chi connectivity index (χ3v) is 8.62. The summed E-state index contributed by atoms with van der Waals surface area (Å²) in [7, 11) is -3.61. The maximum Gasteiger partial charge on any atom is 0.185 e. The molecule has 0 aromatic heterocycles. The van der Waals surface area contributed by atoms with Crippen LogP contribution in [0.4, 0.5) is 0 Å². The number of hydrogen-bond donors (Lipinski definition) is 2. The molecule has 2 atom stereocenters. The fraction of sp³-hybridized carbons (Fsp3) is 0.556. The Balaban J connectivity index is 2.49. The molecule has 2 rings (SSSR count). The van der Waals surface area contributed by atoms with Crippen molar-refractivity contribution < 1.29 is 18.6 Å². The lowest BCUT2D eigenvalue weighted by molar-refractivity contribution is 0.222. The third kappa shape index (κ3) is 6.66. The lowest BCUT2D eigenvalue weighted by atomic mass is 9.70. The lowest BCUT2D eigenvalue weighted by Crippen LogP contribution is -2.35. The van der Waals surface area contributed by atoms with Gasteiger partial charge in [0, 0.05) is 0 Å². The van der Waals surface area contributed by atoms with Crippen molar-refractivity contribution >= 4 is 9.84 Å². The van der Waals surface area contributed by atoms with Crippen molar-refractivity contribution in [1.29, 1.82) is 0 Å². The largest absolute Gasteiger partial charge is 0.392 e. The van der Waals surface area contributed by atoms with Crippen LogP contribution in [-0.2, 0) is 9.84 Å². The molecule has 5 heteroatoms. The van der Waals surface area contributed by atoms with Crippen LogP contribution in [0.5, 0.6) is 0 Å². The van der Waals surface area contributed by atoms with Gasteiger partial charge in [-0.3, -0.25) is 0 Å². The Hall–Kier alpha value is -1.69. The number of aliphatic hydroxyl groups excluding tert-OH is 2. The predicted molar refractivity (Wildman–Crippen MR) is 132 cm³/mol. The van der Waals surface area contributed by atoms with Gasteiger partial charge in [0.1, 0.15) is 0 Å². The van der Waals surface area contributed by atoms with E-state index in [2.05, 4.69) is 20.8 Å². The number of sulfone groups is 1. The number of aryl methyl sites for hydroxylation is 1. The van der Waals surface area contributed by atoms with E-state index in [-0.39, 0.29) is 12.0 Å². The topological polar surface area (TPSA) is 74.6 Å². The summed E-state index contributed by atoms with van der Waals surface area (Å²) in [6.07, 6.45) is 6.46. The lowest BCUT2D eigenvalue weighted by Gasteiger charge is -2.39. The van der Waals surface area contributed by atoms with E-state index in [0.717, 1.165) is 41.5 Å². The van der Waals surface area contributed by atoms with E-state index in [4.69, 9.17) is 5.11 Å². The minimum atomic E-state index is -3.61. The highest BCUT2D eigenvalue weighted by molar-refractivity contribution is 7.92. The van der Waals surface area contributed by atoms with Crippen molar-refractivity contribution in [2.24, 2.45) is 5.41 Å². The molecule has 1 aliphatic carbocycles. The summed E-state index contributed by atoms with van der Waals surface area (Å²) in [5.74, 6) is 0. The van der Waals surface area contributed by atoms with Crippen molar-refractivity contribution in [2.45, 2.75) is 89.9 Å². The molecule has 0 bridgehead atoms. The molecule has 32 heavy (non-hydrogen) atoms. The molecule has 0 spiro atoms. The Morgan fingerprint density at radius 3 is 2.28 bits per heavy atom. The van der Waals surface area contributed by atoms with Crippen molar-refractivity contribution in [3.05, 3.63) is 64.3 Å². The van der Waals surface area contributed by atoms with Crippen LogP contribution in [-0.4, -0.2) is 36.6 Å². The molecule has 0 fully saturated rings. The molecule has 4 nitrogen and oxygen atoms in total. The van der Waals surface area contributed by atoms with E-state index < -0.39 is 21.2 Å². The van der Waals surface area contributed by atoms with Gasteiger partial charge in [0.15, 0.2) is 9.84 Å². The first-order chi connectivity index (χ1) is 14.9. The molecule has 178 valence electrons. The fourth-order valence-corrected chi connectivity index (χ4v) is 7.09. The van der Waals surface area contributed by atoms with Crippen molar-refractivity contribution in [3.63, 3.8) is 0 Å². The van der Waals surface area contributed by atoms with Crippen LogP contribution in [0.15, 0.2) is 63.6 Å². The van der Waals surface area contributed by atoms with Crippen molar-refractivity contribution in [3.8, 4) is 0 Å². The van der Waals surface area contributed by atoms with E-state index in [1.807, 2.05) is 32.9 Å². The molecule has 0 aliphatic heterocycles. The maximum absolute atomic E-state index is 13.9. The quantitative estimate of drug-likeness (QED) is 0.464. The van der Waals surface area contributed by atoms with Crippen LogP contribution >= 0.6 is 0 Å². The van der Waals surface area contributed by atoms with Gasteiger partial charge in [-0.1, -0.05) is 60.4 Å². The van der Waals surface area contributed by atoms with Crippen LogP contribution in [0.1, 0.15) is 72.3 Å². The third-order valence-electron chi connectivity index (χ3n) is 6.54. The van der Waals surface area contributed by atoms with Gasteiger partial charge < -0.3 is 10.2 Å². The van der Waals surface area contributed by atoms with Gasteiger partial charge in [-0.2, -0.15) is 0 Å². The highest BCUT2D eigenvalue weighted by Crippen LogP contribution is 2.46. The van der Waals surface area contributed by atoms with E-state index in [9.17, 15) is 13.5 Å². The molecule has 1 aliphatic rings. The Labute approximate surface area is 194 Å². The molecular weight excluding hydrogens is 420 g/mol. The number of aliphatic hydroxyl groups is 2. The van der Waals surface area contributed by atoms with Gasteiger partial charge >= 0.3 is 0 Å². The average molecular weight is 461 g/mol. The average Bonchev–Trinajstić information content (AvgIpc) is 2.66. The number of allylic oxidation sites excluding steroid dienone is 2. The normalized spacial score (nSPS) is 19.8. The molecule has 0 saturated carbocycles. The molecule has 1 aromatic rings. The standard InChI is InChI=1S/C27H40O4S/c1-19-9-11-24(12-10-19)32(30,31)25(26-22(4)8-7-14-27(26,5)6)18-21(3)17-23(29)16-20(2)13-15-28/h9-13,17,23,25,28-29H,7-8,14-16,18H2,1-6H3. The van der Waals surface area contributed by atoms with Gasteiger partial charge in [-0.05, 0) is 82.9 Å². The minimum Gasteiger partial charge on any atom is -0.392 e. The first-order valence-corrected chi connectivity index (χ1v) is 13.1. The molecule has 1 aromatic carbocycles. The SMILES string of the molecule is CC(=CCO)CC(O)C=C(C)CC(C1=C(C)CCCC1(C)C)S(=O)(=O)c1ccc(C)cc1. The smallest absolute Gasteiger partial charge is 0.185 e. The van der Waals surface area contributed by atoms with Gasteiger partial charge in [0.25, 0.3) is 0 Å². The molecule has 0 heterocycles. The molecule has 2 N–H and O–H groups in total. The summed E-state index contributed by atoms with van der Waals surface area (Å²) < 4.78 is 27.8. The zero-order valence-corrected chi connectivity index (χ0v) is 21.3. The molecule has 0 radical (unpaired) electrons. The zero-order chi connectivity index (χ0) is 24.1. The summed E-state index contributed by atoms with van der Waals surface area (Å²) in [5, 5.41) is 18.9. The van der Waals surface area contributed by atoms with E-state index in [0.29, 0.717) is 17.7 Å². The Morgan fingerprint density at radius 1 is 1.09 bits per heavy atom. The van der Waals surface area contributed by atoms with Crippen molar-refractivity contribution in [2.75, 3.05) is 6.61 Å². The molecular formula is C27H40O4S.